The Kier molecular flexibility index (Phi) is 8.44. The van der Waals surface area contributed by atoms with Gasteiger partial charge in [-0.3, -0.25) is 0 Å². The smallest absolute Gasteiger partial charge is 0.0160 e. The molecule has 4 aromatic rings. The lowest BCUT2D eigenvalue weighted by molar-refractivity contribution is 0.890. The molecule has 1 heteroatoms. The Labute approximate surface area is 204 Å². The molecule has 0 amide bonds. The molecular weight excluding hydrogens is 416 g/mol. The fraction of sp³-hybridized carbons (Fsp3) is 0.250. The van der Waals surface area contributed by atoms with Crippen molar-refractivity contribution in [2.45, 2.75) is 62.2 Å². The second-order valence-electron chi connectivity index (χ2n) is 8.71. The molecule has 0 saturated carbocycles. The van der Waals surface area contributed by atoms with Crippen molar-refractivity contribution in [2.24, 2.45) is 0 Å². The van der Waals surface area contributed by atoms with Crippen LogP contribution >= 0.6 is 11.8 Å². The van der Waals surface area contributed by atoms with Crippen molar-refractivity contribution in [1.82, 2.24) is 0 Å². The first kappa shape index (κ1) is 23.4. The van der Waals surface area contributed by atoms with Crippen LogP contribution in [0.3, 0.4) is 0 Å². The van der Waals surface area contributed by atoms with Crippen molar-refractivity contribution in [1.29, 1.82) is 0 Å². The molecule has 168 valence electrons. The van der Waals surface area contributed by atoms with Gasteiger partial charge in [-0.1, -0.05) is 123 Å². The molecule has 33 heavy (non-hydrogen) atoms. The Morgan fingerprint density at radius 1 is 0.485 bits per heavy atom. The SMILES string of the molecule is CCCc1cccc(Sc2cccc(CCC)c2Cc2ccccc2)c1Cc1ccccc1. The van der Waals surface area contributed by atoms with Gasteiger partial charge in [0.15, 0.2) is 0 Å². The largest absolute Gasteiger partial charge is 0.0895 e. The maximum atomic E-state index is 2.32. The van der Waals surface area contributed by atoms with Crippen LogP contribution in [0.1, 0.15) is 60.1 Å². The van der Waals surface area contributed by atoms with Crippen LogP contribution in [0.4, 0.5) is 0 Å². The van der Waals surface area contributed by atoms with Gasteiger partial charge in [-0.2, -0.15) is 0 Å². The molecular formula is C32H34S. The Hall–Kier alpha value is -2.77. The maximum Gasteiger partial charge on any atom is 0.0160 e. The second-order valence-corrected chi connectivity index (χ2v) is 9.80. The monoisotopic (exact) mass is 450 g/mol. The van der Waals surface area contributed by atoms with E-state index in [1.54, 1.807) is 0 Å². The summed E-state index contributed by atoms with van der Waals surface area (Å²) in [6, 6.07) is 35.6. The number of hydrogen-bond acceptors (Lipinski definition) is 1. The number of benzene rings is 4. The van der Waals surface area contributed by atoms with Crippen LogP contribution in [-0.2, 0) is 25.7 Å². The highest BCUT2D eigenvalue weighted by atomic mass is 32.2. The maximum absolute atomic E-state index is 2.32. The first-order valence-corrected chi connectivity index (χ1v) is 13.1. The molecule has 0 atom stereocenters. The summed E-state index contributed by atoms with van der Waals surface area (Å²) in [5.41, 5.74) is 8.71. The lowest BCUT2D eigenvalue weighted by Gasteiger charge is -2.18. The summed E-state index contributed by atoms with van der Waals surface area (Å²) < 4.78 is 0. The lowest BCUT2D eigenvalue weighted by Crippen LogP contribution is -2.01. The van der Waals surface area contributed by atoms with Crippen LogP contribution in [0, 0.1) is 0 Å². The molecule has 0 aliphatic rings. The zero-order valence-electron chi connectivity index (χ0n) is 19.9. The fourth-order valence-electron chi connectivity index (χ4n) is 4.54. The highest BCUT2D eigenvalue weighted by Gasteiger charge is 2.15. The second kappa shape index (κ2) is 11.9. The van der Waals surface area contributed by atoms with Gasteiger partial charge in [-0.05, 0) is 71.2 Å². The molecule has 0 unspecified atom stereocenters. The van der Waals surface area contributed by atoms with E-state index in [1.165, 1.54) is 56.0 Å². The van der Waals surface area contributed by atoms with Gasteiger partial charge in [-0.15, -0.1) is 0 Å². The predicted molar refractivity (Wildman–Crippen MR) is 143 cm³/mol. The number of hydrogen-bond donors (Lipinski definition) is 0. The van der Waals surface area contributed by atoms with Gasteiger partial charge < -0.3 is 0 Å². The van der Waals surface area contributed by atoms with Crippen LogP contribution in [0.2, 0.25) is 0 Å². The van der Waals surface area contributed by atoms with Gasteiger partial charge in [-0.25, -0.2) is 0 Å². The van der Waals surface area contributed by atoms with Gasteiger partial charge in [0.2, 0.25) is 0 Å². The van der Waals surface area contributed by atoms with Crippen molar-refractivity contribution in [3.63, 3.8) is 0 Å². The van der Waals surface area contributed by atoms with Crippen molar-refractivity contribution >= 4 is 11.8 Å². The quantitative estimate of drug-likeness (QED) is 0.232. The molecule has 0 heterocycles. The van der Waals surface area contributed by atoms with Gasteiger partial charge in [0, 0.05) is 9.79 Å². The highest BCUT2D eigenvalue weighted by molar-refractivity contribution is 7.99. The van der Waals surface area contributed by atoms with Gasteiger partial charge in [0.1, 0.15) is 0 Å². The van der Waals surface area contributed by atoms with Crippen molar-refractivity contribution in [3.05, 3.63) is 130 Å². The number of aryl methyl sites for hydroxylation is 2. The summed E-state index contributed by atoms with van der Waals surface area (Å²) >= 11 is 1.96. The Bertz CT molecular complexity index is 1050. The van der Waals surface area contributed by atoms with Crippen LogP contribution in [0.15, 0.2) is 107 Å². The van der Waals surface area contributed by atoms with E-state index in [-0.39, 0.29) is 0 Å². The van der Waals surface area contributed by atoms with Gasteiger partial charge in [0.25, 0.3) is 0 Å². The fourth-order valence-corrected chi connectivity index (χ4v) is 5.72. The van der Waals surface area contributed by atoms with Gasteiger partial charge in [0.05, 0.1) is 0 Å². The average Bonchev–Trinajstić information content (AvgIpc) is 2.84. The Morgan fingerprint density at radius 3 is 1.30 bits per heavy atom. The summed E-state index contributed by atoms with van der Waals surface area (Å²) in [5, 5.41) is 0. The third kappa shape index (κ3) is 6.18. The first-order chi connectivity index (χ1) is 16.3. The van der Waals surface area contributed by atoms with Crippen LogP contribution < -0.4 is 0 Å². The topological polar surface area (TPSA) is 0 Å². The zero-order chi connectivity index (χ0) is 22.9. The molecule has 0 aromatic heterocycles. The minimum absolute atomic E-state index is 0.988. The summed E-state index contributed by atoms with van der Waals surface area (Å²) in [4.78, 5) is 2.79. The minimum Gasteiger partial charge on any atom is -0.0895 e. The van der Waals surface area contributed by atoms with Crippen LogP contribution in [0.25, 0.3) is 0 Å². The lowest BCUT2D eigenvalue weighted by atomic mass is 9.97. The van der Waals surface area contributed by atoms with Crippen molar-refractivity contribution in [2.75, 3.05) is 0 Å². The normalized spacial score (nSPS) is 11.0. The average molecular weight is 451 g/mol. The van der Waals surface area contributed by atoms with E-state index >= 15 is 0 Å². The summed E-state index contributed by atoms with van der Waals surface area (Å²) in [6.07, 6.45) is 6.57. The summed E-state index contributed by atoms with van der Waals surface area (Å²) in [5.74, 6) is 0. The molecule has 0 fully saturated rings. The highest BCUT2D eigenvalue weighted by Crippen LogP contribution is 2.37. The Morgan fingerprint density at radius 2 is 0.909 bits per heavy atom. The molecule has 0 spiro atoms. The molecule has 4 aromatic carbocycles. The molecule has 4 rings (SSSR count). The molecule has 0 nitrogen and oxygen atoms in total. The predicted octanol–water partition coefficient (Wildman–Crippen LogP) is 8.92. The molecule has 0 aliphatic heterocycles. The van der Waals surface area contributed by atoms with E-state index in [1.807, 2.05) is 11.8 Å². The zero-order valence-corrected chi connectivity index (χ0v) is 20.7. The molecule has 0 aliphatic carbocycles. The standard InChI is InChI=1S/C32H34S/c1-3-13-27-19-11-21-31(29(27)23-25-15-7-5-8-16-25)33-32-22-12-20-28(14-4-2)30(32)24-26-17-9-6-10-18-26/h5-12,15-22H,3-4,13-14,23-24H2,1-2H3. The molecule has 0 N–H and O–H groups in total. The summed E-state index contributed by atoms with van der Waals surface area (Å²) in [6.45, 7) is 4.55. The third-order valence-corrected chi connectivity index (χ3v) is 7.37. The van der Waals surface area contributed by atoms with E-state index < -0.39 is 0 Å². The molecule has 0 saturated heterocycles. The first-order valence-electron chi connectivity index (χ1n) is 12.3. The van der Waals surface area contributed by atoms with Crippen molar-refractivity contribution in [3.8, 4) is 0 Å². The summed E-state index contributed by atoms with van der Waals surface area (Å²) in [7, 11) is 0. The van der Waals surface area contributed by atoms with Gasteiger partial charge >= 0.3 is 0 Å². The minimum atomic E-state index is 0.988. The number of rotatable bonds is 10. The van der Waals surface area contributed by atoms with Crippen LogP contribution in [-0.4, -0.2) is 0 Å². The molecule has 0 bridgehead atoms. The van der Waals surface area contributed by atoms with Crippen LogP contribution in [0.5, 0.6) is 0 Å². The van der Waals surface area contributed by atoms with Crippen molar-refractivity contribution < 1.29 is 0 Å². The van der Waals surface area contributed by atoms with E-state index in [4.69, 9.17) is 0 Å². The molecule has 0 radical (unpaired) electrons. The van der Waals surface area contributed by atoms with E-state index in [0.717, 1.165) is 25.7 Å². The van der Waals surface area contributed by atoms with E-state index in [9.17, 15) is 0 Å². The Balaban J connectivity index is 1.74. The van der Waals surface area contributed by atoms with E-state index in [0.29, 0.717) is 0 Å². The third-order valence-electron chi connectivity index (χ3n) is 6.17. The van der Waals surface area contributed by atoms with E-state index in [2.05, 4.69) is 111 Å².